The molecule has 0 spiro atoms. The summed E-state index contributed by atoms with van der Waals surface area (Å²) in [6.07, 6.45) is 4.59. The van der Waals surface area contributed by atoms with Crippen molar-refractivity contribution in [3.05, 3.63) is 0 Å². The molecule has 0 aliphatic carbocycles. The van der Waals surface area contributed by atoms with Crippen LogP contribution >= 0.6 is 0 Å². The number of nitrogens with one attached hydrogen (secondary N) is 1. The SMILES string of the molecule is CN(CC1CCCCO1)C(=O)CCNS(C)(=O)=O. The molecule has 0 saturated carbocycles. The Morgan fingerprint density at radius 1 is 1.44 bits per heavy atom. The van der Waals surface area contributed by atoms with Crippen LogP contribution in [0.1, 0.15) is 25.7 Å². The summed E-state index contributed by atoms with van der Waals surface area (Å²) in [6, 6.07) is 0. The van der Waals surface area contributed by atoms with Gasteiger partial charge in [-0.15, -0.1) is 0 Å². The third kappa shape index (κ3) is 6.32. The summed E-state index contributed by atoms with van der Waals surface area (Å²) >= 11 is 0. The van der Waals surface area contributed by atoms with Crippen LogP contribution in [-0.2, 0) is 19.6 Å². The normalized spacial score (nSPS) is 20.7. The summed E-state index contributed by atoms with van der Waals surface area (Å²) in [7, 11) is -1.50. The Balaban J connectivity index is 2.23. The standard InChI is InChI=1S/C11H22N2O4S/c1-13(9-10-5-3-4-8-17-10)11(14)6-7-12-18(2,15)16/h10,12H,3-9H2,1-2H3. The predicted molar refractivity (Wildman–Crippen MR) is 68.7 cm³/mol. The van der Waals surface area contributed by atoms with Gasteiger partial charge in [0.25, 0.3) is 0 Å². The van der Waals surface area contributed by atoms with Crippen LogP contribution in [0.4, 0.5) is 0 Å². The van der Waals surface area contributed by atoms with E-state index in [1.165, 1.54) is 0 Å². The van der Waals surface area contributed by atoms with Crippen molar-refractivity contribution < 1.29 is 17.9 Å². The van der Waals surface area contributed by atoms with Crippen molar-refractivity contribution in [1.82, 2.24) is 9.62 Å². The van der Waals surface area contributed by atoms with Crippen LogP contribution in [-0.4, -0.2) is 58.3 Å². The van der Waals surface area contributed by atoms with Crippen molar-refractivity contribution in [2.24, 2.45) is 0 Å². The molecule has 1 rings (SSSR count). The van der Waals surface area contributed by atoms with E-state index in [9.17, 15) is 13.2 Å². The highest BCUT2D eigenvalue weighted by molar-refractivity contribution is 7.88. The minimum absolute atomic E-state index is 0.0691. The molecule has 1 aliphatic rings. The molecule has 1 atom stereocenters. The van der Waals surface area contributed by atoms with E-state index in [1.807, 2.05) is 0 Å². The molecule has 0 radical (unpaired) electrons. The van der Waals surface area contributed by atoms with Crippen molar-refractivity contribution in [1.29, 1.82) is 0 Å². The van der Waals surface area contributed by atoms with Gasteiger partial charge in [-0.2, -0.15) is 0 Å². The zero-order valence-corrected chi connectivity index (χ0v) is 11.8. The molecule has 7 heteroatoms. The number of likely N-dealkylation sites (N-methyl/N-ethyl adjacent to an activating group) is 1. The zero-order valence-electron chi connectivity index (χ0n) is 11.0. The fourth-order valence-electron chi connectivity index (χ4n) is 1.89. The van der Waals surface area contributed by atoms with E-state index in [4.69, 9.17) is 4.74 Å². The first-order valence-corrected chi connectivity index (χ1v) is 8.08. The van der Waals surface area contributed by atoms with E-state index in [1.54, 1.807) is 11.9 Å². The van der Waals surface area contributed by atoms with Crippen molar-refractivity contribution in [2.45, 2.75) is 31.8 Å². The number of carbonyl (C=O) groups excluding carboxylic acids is 1. The topological polar surface area (TPSA) is 75.7 Å². The average molecular weight is 278 g/mol. The van der Waals surface area contributed by atoms with Gasteiger partial charge in [-0.05, 0) is 19.3 Å². The van der Waals surface area contributed by atoms with Crippen molar-refractivity contribution in [3.8, 4) is 0 Å². The first kappa shape index (κ1) is 15.4. The van der Waals surface area contributed by atoms with Crippen molar-refractivity contribution in [2.75, 3.05) is 33.0 Å². The molecule has 1 unspecified atom stereocenters. The predicted octanol–water partition coefficient (Wildman–Crippen LogP) is -0.0468. The van der Waals surface area contributed by atoms with Gasteiger partial charge in [0, 0.05) is 33.2 Å². The molecule has 0 aromatic rings. The molecule has 106 valence electrons. The monoisotopic (exact) mass is 278 g/mol. The van der Waals surface area contributed by atoms with Gasteiger partial charge < -0.3 is 9.64 Å². The molecule has 0 aromatic carbocycles. The molecular weight excluding hydrogens is 256 g/mol. The lowest BCUT2D eigenvalue weighted by molar-refractivity contribution is -0.132. The van der Waals surface area contributed by atoms with E-state index in [-0.39, 0.29) is 25.0 Å². The van der Waals surface area contributed by atoms with Gasteiger partial charge in [-0.25, -0.2) is 13.1 Å². The Labute approximate surface area is 109 Å². The van der Waals surface area contributed by atoms with Crippen LogP contribution < -0.4 is 4.72 Å². The second-order valence-electron chi connectivity index (χ2n) is 4.68. The van der Waals surface area contributed by atoms with E-state index in [2.05, 4.69) is 4.72 Å². The minimum Gasteiger partial charge on any atom is -0.376 e. The van der Waals surface area contributed by atoms with Crippen molar-refractivity contribution in [3.63, 3.8) is 0 Å². The Bertz CT molecular complexity index is 363. The Kier molecular flexibility index (Phi) is 6.04. The third-order valence-corrected chi connectivity index (χ3v) is 3.61. The van der Waals surface area contributed by atoms with Gasteiger partial charge >= 0.3 is 0 Å². The number of nitrogens with zero attached hydrogens (tertiary/aromatic N) is 1. The van der Waals surface area contributed by atoms with Gasteiger partial charge in [0.05, 0.1) is 12.4 Å². The average Bonchev–Trinajstić information content (AvgIpc) is 2.28. The van der Waals surface area contributed by atoms with E-state index >= 15 is 0 Å². The second kappa shape index (κ2) is 7.06. The van der Waals surface area contributed by atoms with E-state index in [0.29, 0.717) is 6.54 Å². The summed E-state index contributed by atoms with van der Waals surface area (Å²) in [5.74, 6) is -0.0691. The van der Waals surface area contributed by atoms with Crippen LogP contribution in [0.2, 0.25) is 0 Å². The Hall–Kier alpha value is -0.660. The van der Waals surface area contributed by atoms with Crippen LogP contribution in [0.5, 0.6) is 0 Å². The lowest BCUT2D eigenvalue weighted by Gasteiger charge is -2.27. The number of carbonyl (C=O) groups is 1. The van der Waals surface area contributed by atoms with Crippen LogP contribution in [0, 0.1) is 0 Å². The molecule has 0 bridgehead atoms. The highest BCUT2D eigenvalue weighted by Gasteiger charge is 2.18. The van der Waals surface area contributed by atoms with Gasteiger partial charge in [-0.1, -0.05) is 0 Å². The largest absolute Gasteiger partial charge is 0.376 e. The molecule has 1 heterocycles. The zero-order chi connectivity index (χ0) is 13.6. The summed E-state index contributed by atoms with van der Waals surface area (Å²) in [5, 5.41) is 0. The fraction of sp³-hybridized carbons (Fsp3) is 0.909. The molecule has 18 heavy (non-hydrogen) atoms. The molecule has 1 aliphatic heterocycles. The van der Waals surface area contributed by atoms with Crippen LogP contribution in [0.25, 0.3) is 0 Å². The highest BCUT2D eigenvalue weighted by Crippen LogP contribution is 2.13. The fourth-order valence-corrected chi connectivity index (χ4v) is 2.37. The number of hydrogen-bond acceptors (Lipinski definition) is 4. The molecule has 1 N–H and O–H groups in total. The van der Waals surface area contributed by atoms with Gasteiger partial charge in [-0.3, -0.25) is 4.79 Å². The highest BCUT2D eigenvalue weighted by atomic mass is 32.2. The molecular formula is C11H22N2O4S. The lowest BCUT2D eigenvalue weighted by atomic mass is 10.1. The minimum atomic E-state index is -3.22. The number of ether oxygens (including phenoxy) is 1. The van der Waals surface area contributed by atoms with Gasteiger partial charge in [0.2, 0.25) is 15.9 Å². The maximum Gasteiger partial charge on any atom is 0.223 e. The van der Waals surface area contributed by atoms with Crippen LogP contribution in [0.3, 0.4) is 0 Å². The number of hydrogen-bond donors (Lipinski definition) is 1. The molecule has 1 amide bonds. The Morgan fingerprint density at radius 3 is 2.72 bits per heavy atom. The quantitative estimate of drug-likeness (QED) is 0.739. The molecule has 0 aromatic heterocycles. The first-order valence-electron chi connectivity index (χ1n) is 6.18. The third-order valence-electron chi connectivity index (χ3n) is 2.88. The smallest absolute Gasteiger partial charge is 0.223 e. The molecule has 6 nitrogen and oxygen atoms in total. The second-order valence-corrected chi connectivity index (χ2v) is 6.51. The van der Waals surface area contributed by atoms with E-state index < -0.39 is 10.0 Å². The summed E-state index contributed by atoms with van der Waals surface area (Å²) < 4.78 is 29.5. The number of sulfonamides is 1. The van der Waals surface area contributed by atoms with Gasteiger partial charge in [0.1, 0.15) is 0 Å². The summed E-state index contributed by atoms with van der Waals surface area (Å²) in [5.41, 5.74) is 0. The molecule has 1 fully saturated rings. The van der Waals surface area contributed by atoms with Crippen molar-refractivity contribution >= 4 is 15.9 Å². The first-order chi connectivity index (χ1) is 8.38. The number of rotatable bonds is 6. The number of amides is 1. The summed E-state index contributed by atoms with van der Waals surface area (Å²) in [6.45, 7) is 1.49. The summed E-state index contributed by atoms with van der Waals surface area (Å²) in [4.78, 5) is 13.3. The molecule has 1 saturated heterocycles. The van der Waals surface area contributed by atoms with E-state index in [0.717, 1.165) is 32.1 Å². The van der Waals surface area contributed by atoms with Gasteiger partial charge in [0.15, 0.2) is 0 Å². The lowest BCUT2D eigenvalue weighted by Crippen LogP contribution is -2.38. The maximum absolute atomic E-state index is 11.7. The van der Waals surface area contributed by atoms with Crippen LogP contribution in [0.15, 0.2) is 0 Å². The maximum atomic E-state index is 11.7. The Morgan fingerprint density at radius 2 is 2.17 bits per heavy atom.